The highest BCUT2D eigenvalue weighted by Crippen LogP contribution is 2.31. The molecule has 0 N–H and O–H groups in total. The van der Waals surface area contributed by atoms with E-state index in [4.69, 9.17) is 9.47 Å². The molecule has 1 amide bonds. The molecule has 0 aliphatic carbocycles. The van der Waals surface area contributed by atoms with Crippen LogP contribution in [0, 0.1) is 0 Å². The predicted octanol–water partition coefficient (Wildman–Crippen LogP) is 3.84. The van der Waals surface area contributed by atoms with Gasteiger partial charge in [-0.3, -0.25) is 4.79 Å². The molecule has 1 atom stereocenters. The number of nitrogens with zero attached hydrogens (tertiary/aromatic N) is 1. The molecule has 0 spiro atoms. The fourth-order valence-corrected chi connectivity index (χ4v) is 3.88. The van der Waals surface area contributed by atoms with Crippen LogP contribution < -0.4 is 9.47 Å². The smallest absolute Gasteiger partial charge is 0.232 e. The van der Waals surface area contributed by atoms with E-state index in [1.54, 1.807) is 11.9 Å². The van der Waals surface area contributed by atoms with Gasteiger partial charge in [-0.1, -0.05) is 24.3 Å². The first-order valence-corrected chi connectivity index (χ1v) is 9.41. The van der Waals surface area contributed by atoms with E-state index in [1.165, 1.54) is 11.8 Å². The molecule has 0 aromatic heterocycles. The van der Waals surface area contributed by atoms with Gasteiger partial charge in [0, 0.05) is 16.4 Å². The topological polar surface area (TPSA) is 38.8 Å². The quantitative estimate of drug-likeness (QED) is 0.705. The fraction of sp³-hybridized carbons (Fsp3) is 0.278. The molecule has 0 fully saturated rings. The minimum atomic E-state index is -0.151. The Kier molecular flexibility index (Phi) is 5.68. The van der Waals surface area contributed by atoms with Gasteiger partial charge in [0.2, 0.25) is 5.91 Å². The van der Waals surface area contributed by atoms with Crippen molar-refractivity contribution in [3.63, 3.8) is 0 Å². The van der Waals surface area contributed by atoms with E-state index in [1.807, 2.05) is 48.5 Å². The summed E-state index contributed by atoms with van der Waals surface area (Å²) in [7, 11) is 1.80. The van der Waals surface area contributed by atoms with Crippen LogP contribution in [0.5, 0.6) is 11.5 Å². The third-order valence-electron chi connectivity index (χ3n) is 3.66. The molecule has 6 heteroatoms. The van der Waals surface area contributed by atoms with Crippen LogP contribution in [0.2, 0.25) is 0 Å². The second-order valence-corrected chi connectivity index (χ2v) is 7.36. The number of fused-ring (bicyclic) bond motifs is 1. The Balaban J connectivity index is 1.51. The lowest BCUT2D eigenvalue weighted by Gasteiger charge is -2.29. The van der Waals surface area contributed by atoms with Gasteiger partial charge in [-0.2, -0.15) is 0 Å². The van der Waals surface area contributed by atoms with Crippen LogP contribution in [0.15, 0.2) is 57.9 Å². The second-order valence-electron chi connectivity index (χ2n) is 5.49. The molecule has 2 aromatic rings. The van der Waals surface area contributed by atoms with Crippen molar-refractivity contribution in [3.8, 4) is 11.5 Å². The highest BCUT2D eigenvalue weighted by molar-refractivity contribution is 9.10. The Morgan fingerprint density at radius 2 is 1.92 bits per heavy atom. The number of thioether (sulfide) groups is 1. The molecular formula is C18H18BrNO3S. The average molecular weight is 408 g/mol. The minimum Gasteiger partial charge on any atom is -0.486 e. The number of para-hydroxylation sites is 2. The summed E-state index contributed by atoms with van der Waals surface area (Å²) in [6.07, 6.45) is -0.151. The molecule has 0 saturated heterocycles. The number of benzene rings is 2. The molecule has 1 aliphatic heterocycles. The first kappa shape index (κ1) is 17.2. The van der Waals surface area contributed by atoms with E-state index < -0.39 is 0 Å². The maximum absolute atomic E-state index is 12.3. The van der Waals surface area contributed by atoms with Gasteiger partial charge in [0.05, 0.1) is 12.3 Å². The molecule has 2 aromatic carbocycles. The number of hydrogen-bond donors (Lipinski definition) is 0. The molecule has 0 radical (unpaired) electrons. The largest absolute Gasteiger partial charge is 0.486 e. The van der Waals surface area contributed by atoms with Gasteiger partial charge < -0.3 is 14.4 Å². The van der Waals surface area contributed by atoms with E-state index in [-0.39, 0.29) is 12.0 Å². The van der Waals surface area contributed by atoms with Crippen LogP contribution in [0.4, 0.5) is 0 Å². The Bertz CT molecular complexity index is 725. The van der Waals surface area contributed by atoms with Crippen molar-refractivity contribution in [2.24, 2.45) is 0 Å². The third kappa shape index (κ3) is 4.24. The zero-order valence-corrected chi connectivity index (χ0v) is 15.7. The van der Waals surface area contributed by atoms with Crippen molar-refractivity contribution in [2.75, 3.05) is 26.0 Å². The molecule has 126 valence electrons. The molecule has 0 saturated carbocycles. The lowest BCUT2D eigenvalue weighted by Crippen LogP contribution is -2.42. The number of likely N-dealkylation sites (N-methyl/N-ethyl adjacent to an activating group) is 1. The Hall–Kier alpha value is -1.66. The van der Waals surface area contributed by atoms with Crippen molar-refractivity contribution < 1.29 is 14.3 Å². The maximum Gasteiger partial charge on any atom is 0.232 e. The summed E-state index contributed by atoms with van der Waals surface area (Å²) in [5, 5.41) is 0. The summed E-state index contributed by atoms with van der Waals surface area (Å²) in [6, 6.07) is 15.5. The van der Waals surface area contributed by atoms with Gasteiger partial charge in [0.1, 0.15) is 6.61 Å². The zero-order chi connectivity index (χ0) is 16.9. The van der Waals surface area contributed by atoms with Gasteiger partial charge in [0.25, 0.3) is 0 Å². The summed E-state index contributed by atoms with van der Waals surface area (Å²) in [5.74, 6) is 1.95. The summed E-state index contributed by atoms with van der Waals surface area (Å²) in [5.41, 5.74) is 0. The number of carbonyl (C=O) groups excluding carboxylic acids is 1. The van der Waals surface area contributed by atoms with Crippen molar-refractivity contribution in [1.29, 1.82) is 0 Å². The fourth-order valence-electron chi connectivity index (χ4n) is 2.37. The van der Waals surface area contributed by atoms with Gasteiger partial charge in [0.15, 0.2) is 17.6 Å². The highest BCUT2D eigenvalue weighted by Gasteiger charge is 2.23. The molecule has 1 unspecified atom stereocenters. The van der Waals surface area contributed by atoms with E-state index in [9.17, 15) is 4.79 Å². The zero-order valence-electron chi connectivity index (χ0n) is 13.3. The number of halogens is 1. The lowest BCUT2D eigenvalue weighted by atomic mass is 10.2. The van der Waals surface area contributed by atoms with Crippen LogP contribution in [0.1, 0.15) is 0 Å². The van der Waals surface area contributed by atoms with Crippen LogP contribution >= 0.6 is 27.7 Å². The van der Waals surface area contributed by atoms with E-state index >= 15 is 0 Å². The van der Waals surface area contributed by atoms with Gasteiger partial charge in [-0.05, 0) is 40.2 Å². The van der Waals surface area contributed by atoms with E-state index in [0.29, 0.717) is 18.9 Å². The van der Waals surface area contributed by atoms with Crippen LogP contribution in [-0.2, 0) is 4.79 Å². The van der Waals surface area contributed by atoms with Crippen LogP contribution in [0.3, 0.4) is 0 Å². The molecule has 3 rings (SSSR count). The first-order valence-electron chi connectivity index (χ1n) is 7.63. The summed E-state index contributed by atoms with van der Waals surface area (Å²) in [4.78, 5) is 15.1. The Morgan fingerprint density at radius 3 is 2.71 bits per heavy atom. The first-order chi connectivity index (χ1) is 11.6. The average Bonchev–Trinajstić information content (AvgIpc) is 2.60. The molecular weight excluding hydrogens is 390 g/mol. The monoisotopic (exact) mass is 407 g/mol. The van der Waals surface area contributed by atoms with Crippen molar-refractivity contribution in [2.45, 2.75) is 11.0 Å². The predicted molar refractivity (Wildman–Crippen MR) is 98.9 cm³/mol. The number of carbonyl (C=O) groups is 1. The summed E-state index contributed by atoms with van der Waals surface area (Å²) >= 11 is 5.02. The Morgan fingerprint density at radius 1 is 1.21 bits per heavy atom. The van der Waals surface area contributed by atoms with Crippen molar-refractivity contribution >= 4 is 33.6 Å². The Labute approximate surface area is 154 Å². The number of ether oxygens (including phenoxy) is 2. The van der Waals surface area contributed by atoms with Gasteiger partial charge in [-0.25, -0.2) is 0 Å². The standard InChI is InChI=1S/C18H18BrNO3S/c1-20(18(21)12-24-17-9-5-2-6-14(17)19)10-13-11-22-15-7-3-4-8-16(15)23-13/h2-9,13H,10-12H2,1H3. The summed E-state index contributed by atoms with van der Waals surface area (Å²) in [6.45, 7) is 0.954. The highest BCUT2D eigenvalue weighted by atomic mass is 79.9. The number of amides is 1. The molecule has 0 bridgehead atoms. The van der Waals surface area contributed by atoms with Crippen LogP contribution in [-0.4, -0.2) is 42.9 Å². The van der Waals surface area contributed by atoms with E-state index in [0.717, 1.165) is 20.9 Å². The number of hydrogen-bond acceptors (Lipinski definition) is 4. The molecule has 4 nitrogen and oxygen atoms in total. The normalized spacial score (nSPS) is 15.8. The molecule has 1 aliphatic rings. The van der Waals surface area contributed by atoms with Crippen molar-refractivity contribution in [1.82, 2.24) is 4.90 Å². The van der Waals surface area contributed by atoms with E-state index in [2.05, 4.69) is 15.9 Å². The second kappa shape index (κ2) is 7.94. The molecule has 24 heavy (non-hydrogen) atoms. The molecule has 1 heterocycles. The lowest BCUT2D eigenvalue weighted by molar-refractivity contribution is -0.128. The summed E-state index contributed by atoms with van der Waals surface area (Å²) < 4.78 is 12.6. The van der Waals surface area contributed by atoms with Crippen molar-refractivity contribution in [3.05, 3.63) is 53.0 Å². The van der Waals surface area contributed by atoms with Gasteiger partial charge in [-0.15, -0.1) is 11.8 Å². The van der Waals surface area contributed by atoms with Gasteiger partial charge >= 0.3 is 0 Å². The third-order valence-corrected chi connectivity index (χ3v) is 5.67. The SMILES string of the molecule is CN(CC1COc2ccccc2O1)C(=O)CSc1ccccc1Br. The number of rotatable bonds is 5. The maximum atomic E-state index is 12.3. The van der Waals surface area contributed by atoms with Crippen LogP contribution in [0.25, 0.3) is 0 Å². The minimum absolute atomic E-state index is 0.0678.